The topological polar surface area (TPSA) is 90.0 Å². The van der Waals surface area contributed by atoms with Crippen molar-refractivity contribution in [2.75, 3.05) is 4.90 Å². The Hall–Kier alpha value is -3.81. The first-order valence-corrected chi connectivity index (χ1v) is 8.20. The molecule has 0 N–H and O–H groups in total. The van der Waals surface area contributed by atoms with Crippen molar-refractivity contribution in [3.8, 4) is 11.5 Å². The highest BCUT2D eigenvalue weighted by molar-refractivity contribution is 6.19. The highest BCUT2D eigenvalue weighted by Gasteiger charge is 2.30. The van der Waals surface area contributed by atoms with Crippen molar-refractivity contribution < 1.29 is 33.0 Å². The van der Waals surface area contributed by atoms with Gasteiger partial charge >= 0.3 is 11.9 Å². The molecule has 0 spiro atoms. The van der Waals surface area contributed by atoms with Crippen LogP contribution in [-0.2, 0) is 14.4 Å². The minimum atomic E-state index is -1.23. The summed E-state index contributed by atoms with van der Waals surface area (Å²) in [6.45, 7) is 2.83. The van der Waals surface area contributed by atoms with Crippen LogP contribution in [0.4, 0.5) is 10.1 Å². The van der Waals surface area contributed by atoms with Crippen LogP contribution in [0.3, 0.4) is 0 Å². The molecule has 2 aromatic carbocycles. The van der Waals surface area contributed by atoms with Crippen LogP contribution in [0.5, 0.6) is 11.5 Å². The lowest BCUT2D eigenvalue weighted by Crippen LogP contribution is -2.28. The van der Waals surface area contributed by atoms with Gasteiger partial charge in [-0.25, -0.2) is 9.59 Å². The van der Waals surface area contributed by atoms with Crippen molar-refractivity contribution in [2.24, 2.45) is 0 Å². The van der Waals surface area contributed by atoms with Gasteiger partial charge in [0.1, 0.15) is 11.5 Å². The number of hydrogen-bond donors (Lipinski definition) is 0. The summed E-state index contributed by atoms with van der Waals surface area (Å²) in [7, 11) is 0. The van der Waals surface area contributed by atoms with E-state index in [0.717, 1.165) is 4.90 Å². The number of amides is 2. The molecule has 0 atom stereocenters. The highest BCUT2D eigenvalue weighted by Crippen LogP contribution is 2.24. The van der Waals surface area contributed by atoms with Gasteiger partial charge in [-0.3, -0.25) is 14.5 Å². The first kappa shape index (κ1) is 19.0. The highest BCUT2D eigenvalue weighted by atomic mass is 19.1. The van der Waals surface area contributed by atoms with Gasteiger partial charge in [0.15, 0.2) is 0 Å². The number of benzene rings is 2. The molecule has 28 heavy (non-hydrogen) atoms. The number of hydrogen-bond acceptors (Lipinski definition) is 6. The molecule has 1 fully saturated rings. The Kier molecular flexibility index (Phi) is 5.30. The Morgan fingerprint density at radius 3 is 1.86 bits per heavy atom. The maximum atomic E-state index is 12.6. The standard InChI is InChI=1S/C20H14FNO6/c1-12(21)19(25)27-15-6-8-16(9-7-15)28-20(26)13-2-4-14(5-3-13)22-17(23)10-11-18(22)24/h2-9H,1,10-11H2. The van der Waals surface area contributed by atoms with E-state index in [4.69, 9.17) is 4.74 Å². The quantitative estimate of drug-likeness (QED) is 0.341. The average Bonchev–Trinajstić information content (AvgIpc) is 3.01. The van der Waals surface area contributed by atoms with Gasteiger partial charge in [0, 0.05) is 12.8 Å². The lowest BCUT2D eigenvalue weighted by atomic mass is 10.2. The van der Waals surface area contributed by atoms with Crippen LogP contribution in [-0.4, -0.2) is 23.8 Å². The average molecular weight is 383 g/mol. The summed E-state index contributed by atoms with van der Waals surface area (Å²) in [4.78, 5) is 47.9. The van der Waals surface area contributed by atoms with Crippen LogP contribution >= 0.6 is 0 Å². The number of anilines is 1. The van der Waals surface area contributed by atoms with Gasteiger partial charge in [0.25, 0.3) is 0 Å². The Labute approximate surface area is 159 Å². The fraction of sp³-hybridized carbons (Fsp3) is 0.100. The minimum absolute atomic E-state index is 0.0629. The summed E-state index contributed by atoms with van der Waals surface area (Å²) in [5, 5.41) is 0. The number of ether oxygens (including phenoxy) is 2. The van der Waals surface area contributed by atoms with Crippen molar-refractivity contribution in [3.63, 3.8) is 0 Å². The van der Waals surface area contributed by atoms with Gasteiger partial charge in [-0.15, -0.1) is 0 Å². The maximum absolute atomic E-state index is 12.6. The van der Waals surface area contributed by atoms with Crippen molar-refractivity contribution in [1.29, 1.82) is 0 Å². The fourth-order valence-corrected chi connectivity index (χ4v) is 2.52. The number of imide groups is 1. The second kappa shape index (κ2) is 7.83. The first-order chi connectivity index (χ1) is 13.3. The van der Waals surface area contributed by atoms with Crippen molar-refractivity contribution in [3.05, 3.63) is 66.5 Å². The molecule has 8 heteroatoms. The molecule has 142 valence electrons. The molecule has 0 saturated carbocycles. The van der Waals surface area contributed by atoms with Crippen LogP contribution in [0.25, 0.3) is 0 Å². The normalized spacial score (nSPS) is 13.4. The third kappa shape index (κ3) is 4.12. The predicted molar refractivity (Wildman–Crippen MR) is 95.5 cm³/mol. The van der Waals surface area contributed by atoms with E-state index in [2.05, 4.69) is 11.3 Å². The van der Waals surface area contributed by atoms with Gasteiger partial charge in [-0.2, -0.15) is 4.39 Å². The summed E-state index contributed by atoms with van der Waals surface area (Å²) in [6.07, 6.45) is 0.348. The van der Waals surface area contributed by atoms with Crippen LogP contribution in [0, 0.1) is 0 Å². The van der Waals surface area contributed by atoms with Gasteiger partial charge in [0.2, 0.25) is 17.6 Å². The zero-order valence-electron chi connectivity index (χ0n) is 14.5. The van der Waals surface area contributed by atoms with Crippen LogP contribution in [0.1, 0.15) is 23.2 Å². The van der Waals surface area contributed by atoms with Crippen molar-refractivity contribution >= 4 is 29.4 Å². The van der Waals surface area contributed by atoms with Crippen LogP contribution in [0.15, 0.2) is 60.9 Å². The third-order valence-electron chi connectivity index (χ3n) is 3.88. The smallest absolute Gasteiger partial charge is 0.371 e. The van der Waals surface area contributed by atoms with Gasteiger partial charge in [0.05, 0.1) is 11.3 Å². The summed E-state index contributed by atoms with van der Waals surface area (Å²) < 4.78 is 22.5. The molecule has 0 aliphatic carbocycles. The lowest BCUT2D eigenvalue weighted by molar-refractivity contribution is -0.131. The molecule has 0 radical (unpaired) electrons. The second-order valence-electron chi connectivity index (χ2n) is 5.83. The molecular formula is C20H14FNO6. The van der Waals surface area contributed by atoms with Crippen LogP contribution in [0.2, 0.25) is 0 Å². The van der Waals surface area contributed by atoms with E-state index in [1.54, 1.807) is 0 Å². The first-order valence-electron chi connectivity index (χ1n) is 8.20. The van der Waals surface area contributed by atoms with E-state index in [1.807, 2.05) is 0 Å². The molecule has 1 aliphatic rings. The molecule has 1 saturated heterocycles. The number of carbonyl (C=O) groups is 4. The van der Waals surface area contributed by atoms with Crippen molar-refractivity contribution in [2.45, 2.75) is 12.8 Å². The van der Waals surface area contributed by atoms with Crippen LogP contribution < -0.4 is 14.4 Å². The summed E-state index contributed by atoms with van der Waals surface area (Å²) in [6, 6.07) is 11.3. The number of carbonyl (C=O) groups excluding carboxylic acids is 4. The zero-order chi connectivity index (χ0) is 20.3. The molecule has 0 unspecified atom stereocenters. The van der Waals surface area contributed by atoms with E-state index < -0.39 is 17.8 Å². The summed E-state index contributed by atoms with van der Waals surface area (Å²) in [5.74, 6) is -3.41. The second-order valence-corrected chi connectivity index (χ2v) is 5.83. The molecule has 0 bridgehead atoms. The number of esters is 2. The third-order valence-corrected chi connectivity index (χ3v) is 3.88. The monoisotopic (exact) mass is 383 g/mol. The molecule has 1 aliphatic heterocycles. The van der Waals surface area contributed by atoms with Gasteiger partial charge in [-0.05, 0) is 48.5 Å². The van der Waals surface area contributed by atoms with E-state index >= 15 is 0 Å². The van der Waals surface area contributed by atoms with E-state index in [9.17, 15) is 23.6 Å². The molecule has 2 aromatic rings. The summed E-state index contributed by atoms with van der Waals surface area (Å²) in [5.41, 5.74) is 0.608. The molecule has 3 rings (SSSR count). The molecule has 0 aromatic heterocycles. The fourth-order valence-electron chi connectivity index (χ4n) is 2.52. The molecule has 7 nitrogen and oxygen atoms in total. The van der Waals surface area contributed by atoms with E-state index in [0.29, 0.717) is 5.69 Å². The molecule has 1 heterocycles. The Morgan fingerprint density at radius 1 is 0.857 bits per heavy atom. The largest absolute Gasteiger partial charge is 0.423 e. The number of nitrogens with zero attached hydrogens (tertiary/aromatic N) is 1. The number of rotatable bonds is 5. The minimum Gasteiger partial charge on any atom is -0.423 e. The van der Waals surface area contributed by atoms with Gasteiger partial charge < -0.3 is 9.47 Å². The maximum Gasteiger partial charge on any atom is 0.371 e. The Morgan fingerprint density at radius 2 is 1.36 bits per heavy atom. The Balaban J connectivity index is 1.64. The molecule has 2 amide bonds. The van der Waals surface area contributed by atoms with E-state index in [-0.39, 0.29) is 41.7 Å². The zero-order valence-corrected chi connectivity index (χ0v) is 14.5. The van der Waals surface area contributed by atoms with Crippen molar-refractivity contribution in [1.82, 2.24) is 0 Å². The lowest BCUT2D eigenvalue weighted by Gasteiger charge is -2.14. The van der Waals surface area contributed by atoms with Gasteiger partial charge in [-0.1, -0.05) is 6.58 Å². The van der Waals surface area contributed by atoms with E-state index in [1.165, 1.54) is 48.5 Å². The SMILES string of the molecule is C=C(F)C(=O)Oc1ccc(OC(=O)c2ccc(N3C(=O)CCC3=O)cc2)cc1. The predicted octanol–water partition coefficient (Wildman–Crippen LogP) is 2.95. The molecular weight excluding hydrogens is 369 g/mol. The number of halogens is 1. The summed E-state index contributed by atoms with van der Waals surface area (Å²) >= 11 is 0. The Bertz CT molecular complexity index is 949.